The molecule has 1 aliphatic rings. The van der Waals surface area contributed by atoms with Gasteiger partial charge in [-0.15, -0.1) is 24.0 Å². The van der Waals surface area contributed by atoms with E-state index in [-0.39, 0.29) is 53.3 Å². The molecule has 0 saturated heterocycles. The van der Waals surface area contributed by atoms with Crippen LogP contribution < -0.4 is 10.1 Å². The van der Waals surface area contributed by atoms with E-state index in [1.54, 1.807) is 19.2 Å². The van der Waals surface area contributed by atoms with E-state index in [0.29, 0.717) is 12.5 Å². The van der Waals surface area contributed by atoms with Gasteiger partial charge in [0.25, 0.3) is 0 Å². The van der Waals surface area contributed by atoms with Crippen molar-refractivity contribution < 1.29 is 13.5 Å². The summed E-state index contributed by atoms with van der Waals surface area (Å²) in [5, 5.41) is 3.36. The van der Waals surface area contributed by atoms with E-state index in [2.05, 4.69) is 10.3 Å². The quantitative estimate of drug-likeness (QED) is 0.391. The van der Waals surface area contributed by atoms with Crippen molar-refractivity contribution in [2.75, 3.05) is 21.2 Å². The number of nitrogens with one attached hydrogen (secondary N) is 1. The zero-order valence-electron chi connectivity index (χ0n) is 15.6. The first-order chi connectivity index (χ1) is 12.5. The molecule has 3 rings (SSSR count). The summed E-state index contributed by atoms with van der Waals surface area (Å²) in [6.45, 7) is 0.498. The van der Waals surface area contributed by atoms with E-state index in [1.165, 1.54) is 19.2 Å². The molecule has 0 radical (unpaired) electrons. The Morgan fingerprint density at radius 1 is 1.22 bits per heavy atom. The summed E-state index contributed by atoms with van der Waals surface area (Å²) in [5.74, 6) is 0.525. The molecule has 0 aliphatic heterocycles. The molecule has 7 heteroatoms. The fourth-order valence-corrected chi connectivity index (χ4v) is 3.14. The van der Waals surface area contributed by atoms with Crippen molar-refractivity contribution >= 4 is 29.9 Å². The lowest BCUT2D eigenvalue weighted by atomic mass is 10.1. The highest BCUT2D eigenvalue weighted by Crippen LogP contribution is 2.41. The maximum absolute atomic E-state index is 13.9. The predicted octanol–water partition coefficient (Wildman–Crippen LogP) is 4.15. The second-order valence-corrected chi connectivity index (χ2v) is 6.49. The molecule has 0 amide bonds. The molecular formula is C20H24F2IN3O. The van der Waals surface area contributed by atoms with Crippen molar-refractivity contribution in [3.05, 3.63) is 65.2 Å². The fourth-order valence-electron chi connectivity index (χ4n) is 3.14. The number of hydrogen-bond donors (Lipinski definition) is 1. The topological polar surface area (TPSA) is 36.9 Å². The summed E-state index contributed by atoms with van der Waals surface area (Å²) in [4.78, 5) is 6.20. The number of nitrogens with zero attached hydrogens (tertiary/aromatic N) is 2. The standard InChI is InChI=1S/C20H23F2N3O.HI/c1-23-20(24-18-11-15(18)14-6-4-5-7-16(14)21)25(2)12-13-8-9-19(26-3)17(22)10-13;/h4-10,15,18H,11-12H2,1-3H3,(H,23,24);1H. The lowest BCUT2D eigenvalue weighted by Gasteiger charge is -2.22. The number of guanidine groups is 1. The monoisotopic (exact) mass is 487 g/mol. The highest BCUT2D eigenvalue weighted by Gasteiger charge is 2.40. The van der Waals surface area contributed by atoms with Crippen LogP contribution in [0.5, 0.6) is 5.75 Å². The highest BCUT2D eigenvalue weighted by atomic mass is 127. The normalized spacial score (nSPS) is 18.5. The molecule has 0 heterocycles. The Morgan fingerprint density at radius 2 is 1.96 bits per heavy atom. The molecule has 0 aromatic heterocycles. The summed E-state index contributed by atoms with van der Waals surface area (Å²) >= 11 is 0. The Kier molecular flexibility index (Phi) is 7.41. The van der Waals surface area contributed by atoms with Crippen molar-refractivity contribution in [3.8, 4) is 5.75 Å². The molecule has 2 atom stereocenters. The first-order valence-electron chi connectivity index (χ1n) is 8.54. The summed E-state index contributed by atoms with van der Waals surface area (Å²) < 4.78 is 32.7. The van der Waals surface area contributed by atoms with Crippen molar-refractivity contribution in [2.45, 2.75) is 24.9 Å². The minimum Gasteiger partial charge on any atom is -0.494 e. The van der Waals surface area contributed by atoms with E-state index in [4.69, 9.17) is 4.74 Å². The van der Waals surface area contributed by atoms with Crippen LogP contribution in [0.4, 0.5) is 8.78 Å². The van der Waals surface area contributed by atoms with Crippen molar-refractivity contribution in [3.63, 3.8) is 0 Å². The molecule has 1 N–H and O–H groups in total. The molecule has 146 valence electrons. The van der Waals surface area contributed by atoms with Crippen LogP contribution in [0, 0.1) is 11.6 Å². The molecule has 2 unspecified atom stereocenters. The molecule has 1 saturated carbocycles. The van der Waals surface area contributed by atoms with Crippen molar-refractivity contribution in [1.82, 2.24) is 10.2 Å². The van der Waals surface area contributed by atoms with Gasteiger partial charge in [-0.2, -0.15) is 0 Å². The Morgan fingerprint density at radius 3 is 2.59 bits per heavy atom. The number of benzene rings is 2. The van der Waals surface area contributed by atoms with E-state index >= 15 is 0 Å². The van der Waals surface area contributed by atoms with Gasteiger partial charge in [-0.05, 0) is 35.7 Å². The summed E-state index contributed by atoms with van der Waals surface area (Å²) in [7, 11) is 5.03. The second-order valence-electron chi connectivity index (χ2n) is 6.49. The molecule has 27 heavy (non-hydrogen) atoms. The van der Waals surface area contributed by atoms with Gasteiger partial charge >= 0.3 is 0 Å². The number of hydrogen-bond acceptors (Lipinski definition) is 2. The van der Waals surface area contributed by atoms with Gasteiger partial charge in [-0.3, -0.25) is 4.99 Å². The molecule has 1 aliphatic carbocycles. The molecule has 1 fully saturated rings. The first kappa shape index (κ1) is 21.4. The highest BCUT2D eigenvalue weighted by molar-refractivity contribution is 14.0. The van der Waals surface area contributed by atoms with Crippen molar-refractivity contribution in [1.29, 1.82) is 0 Å². The molecule has 0 bridgehead atoms. The number of halogens is 3. The average molecular weight is 487 g/mol. The Balaban J connectivity index is 0.00000261. The maximum atomic E-state index is 13.9. The van der Waals surface area contributed by atoms with Gasteiger partial charge < -0.3 is 15.0 Å². The van der Waals surface area contributed by atoms with E-state index in [9.17, 15) is 8.78 Å². The SMILES string of the molecule is CN=C(NC1CC1c1ccccc1F)N(C)Cc1ccc(OC)c(F)c1.I. The minimum atomic E-state index is -0.386. The largest absolute Gasteiger partial charge is 0.494 e. The second kappa shape index (κ2) is 9.34. The number of methoxy groups -OCH3 is 1. The van der Waals surface area contributed by atoms with Crippen LogP contribution in [0.15, 0.2) is 47.5 Å². The van der Waals surface area contributed by atoms with Gasteiger partial charge in [0.05, 0.1) is 7.11 Å². The third kappa shape index (κ3) is 5.09. The van der Waals surface area contributed by atoms with Crippen LogP contribution in [0.1, 0.15) is 23.5 Å². The van der Waals surface area contributed by atoms with Crippen LogP contribution in [0.25, 0.3) is 0 Å². The fraction of sp³-hybridized carbons (Fsp3) is 0.350. The van der Waals surface area contributed by atoms with Crippen molar-refractivity contribution in [2.24, 2.45) is 4.99 Å². The maximum Gasteiger partial charge on any atom is 0.193 e. The molecular weight excluding hydrogens is 463 g/mol. The van der Waals surface area contributed by atoms with Crippen LogP contribution in [0.3, 0.4) is 0 Å². The summed E-state index contributed by atoms with van der Waals surface area (Å²) in [6, 6.07) is 11.9. The minimum absolute atomic E-state index is 0. The first-order valence-corrected chi connectivity index (χ1v) is 8.54. The number of rotatable bonds is 5. The van der Waals surface area contributed by atoms with Gasteiger partial charge in [-0.25, -0.2) is 8.78 Å². The molecule has 2 aromatic rings. The Bertz CT molecular complexity index is 816. The number of aliphatic imine (C=N–C) groups is 1. The van der Waals surface area contributed by atoms with E-state index in [1.807, 2.05) is 30.1 Å². The van der Waals surface area contributed by atoms with Gasteiger partial charge in [-0.1, -0.05) is 24.3 Å². The summed E-state index contributed by atoms with van der Waals surface area (Å²) in [5.41, 5.74) is 1.55. The average Bonchev–Trinajstić information content (AvgIpc) is 3.39. The lowest BCUT2D eigenvalue weighted by molar-refractivity contribution is 0.385. The molecule has 0 spiro atoms. The van der Waals surface area contributed by atoms with Crippen LogP contribution in [0.2, 0.25) is 0 Å². The lowest BCUT2D eigenvalue weighted by Crippen LogP contribution is -2.40. The summed E-state index contributed by atoms with van der Waals surface area (Å²) in [6.07, 6.45) is 0.866. The smallest absolute Gasteiger partial charge is 0.193 e. The van der Waals surface area contributed by atoms with Crippen LogP contribution in [-0.2, 0) is 6.54 Å². The third-order valence-corrected chi connectivity index (χ3v) is 4.62. The molecule has 2 aromatic carbocycles. The Labute approximate surface area is 175 Å². The zero-order chi connectivity index (χ0) is 18.7. The number of ether oxygens (including phenoxy) is 1. The van der Waals surface area contributed by atoms with Crippen LogP contribution in [-0.4, -0.2) is 38.1 Å². The third-order valence-electron chi connectivity index (χ3n) is 4.62. The molecule has 4 nitrogen and oxygen atoms in total. The van der Waals surface area contributed by atoms with Gasteiger partial charge in [0, 0.05) is 32.6 Å². The van der Waals surface area contributed by atoms with Gasteiger partial charge in [0.15, 0.2) is 17.5 Å². The van der Waals surface area contributed by atoms with E-state index in [0.717, 1.165) is 17.5 Å². The van der Waals surface area contributed by atoms with Gasteiger partial charge in [0.2, 0.25) is 0 Å². The van der Waals surface area contributed by atoms with E-state index < -0.39 is 0 Å². The predicted molar refractivity (Wildman–Crippen MR) is 114 cm³/mol. The van der Waals surface area contributed by atoms with Gasteiger partial charge in [0.1, 0.15) is 5.82 Å². The Hall–Kier alpha value is -1.90. The van der Waals surface area contributed by atoms with Crippen LogP contribution >= 0.6 is 24.0 Å². The zero-order valence-corrected chi connectivity index (χ0v) is 17.9.